The summed E-state index contributed by atoms with van der Waals surface area (Å²) in [7, 11) is 0. The number of rotatable bonds is 3. The maximum absolute atomic E-state index is 12.7. The number of fused-ring (bicyclic) bond motifs is 1. The third-order valence-electron chi connectivity index (χ3n) is 4.33. The Morgan fingerprint density at radius 1 is 1.07 bits per heavy atom. The highest BCUT2D eigenvalue weighted by atomic mass is 35.5. The van der Waals surface area contributed by atoms with Crippen LogP contribution in [0.1, 0.15) is 27.2 Å². The Morgan fingerprint density at radius 2 is 1.75 bits per heavy atom. The van der Waals surface area contributed by atoms with E-state index in [1.165, 1.54) is 0 Å². The molecule has 2 aromatic carbocycles. The van der Waals surface area contributed by atoms with Crippen molar-refractivity contribution in [3.8, 4) is 5.69 Å². The molecule has 0 bridgehead atoms. The molecule has 4 rings (SSSR count). The number of hydrogen-bond acceptors (Lipinski definition) is 3. The number of carbonyl (C=O) groups is 1. The first-order valence-electron chi connectivity index (χ1n) is 8.26. The zero-order valence-electron chi connectivity index (χ0n) is 14.3. The molecule has 0 atom stereocenters. The lowest BCUT2D eigenvalue weighted by Gasteiger charge is -2.12. The molecule has 2 heterocycles. The average molecular weight is 424 g/mol. The zero-order valence-corrected chi connectivity index (χ0v) is 15.8. The van der Waals surface area contributed by atoms with Crippen LogP contribution in [-0.4, -0.2) is 15.7 Å². The van der Waals surface area contributed by atoms with E-state index in [2.05, 4.69) is 10.4 Å². The number of alkyl halides is 3. The van der Waals surface area contributed by atoms with E-state index in [1.54, 1.807) is 40.7 Å². The number of halogens is 4. The van der Waals surface area contributed by atoms with E-state index in [0.717, 1.165) is 47.0 Å². The van der Waals surface area contributed by atoms with Gasteiger partial charge in [0.2, 0.25) is 0 Å². The lowest BCUT2D eigenvalue weighted by molar-refractivity contribution is -0.137. The minimum atomic E-state index is -4.44. The van der Waals surface area contributed by atoms with Gasteiger partial charge in [-0.15, -0.1) is 0 Å². The van der Waals surface area contributed by atoms with Crippen molar-refractivity contribution in [1.29, 1.82) is 0 Å². The van der Waals surface area contributed by atoms with Crippen LogP contribution in [0.4, 0.5) is 19.0 Å². The van der Waals surface area contributed by atoms with Crippen molar-refractivity contribution in [3.05, 3.63) is 75.9 Å². The second-order valence-corrected chi connectivity index (χ2v) is 7.61. The first-order valence-corrected chi connectivity index (χ1v) is 9.79. The van der Waals surface area contributed by atoms with Crippen molar-refractivity contribution in [2.24, 2.45) is 0 Å². The molecular formula is C19H13ClF3N3OS. The smallest absolute Gasteiger partial charge is 0.306 e. The van der Waals surface area contributed by atoms with Crippen molar-refractivity contribution in [3.63, 3.8) is 0 Å². The summed E-state index contributed by atoms with van der Waals surface area (Å²) in [6.07, 6.45) is -4.44. The first kappa shape index (κ1) is 18.9. The fraction of sp³-hybridized carbons (Fsp3) is 0.158. The van der Waals surface area contributed by atoms with Crippen LogP contribution in [0.5, 0.6) is 0 Å². The van der Waals surface area contributed by atoms with Gasteiger partial charge in [0.15, 0.2) is 0 Å². The van der Waals surface area contributed by atoms with Gasteiger partial charge in [-0.1, -0.05) is 11.6 Å². The van der Waals surface area contributed by atoms with Crippen LogP contribution < -0.4 is 5.32 Å². The van der Waals surface area contributed by atoms with Crippen LogP contribution in [0, 0.1) is 0 Å². The Labute approximate surface area is 167 Å². The fourth-order valence-corrected chi connectivity index (χ4v) is 4.06. The summed E-state index contributed by atoms with van der Waals surface area (Å²) in [5.41, 5.74) is 1.86. The van der Waals surface area contributed by atoms with Crippen molar-refractivity contribution in [2.75, 3.05) is 5.32 Å². The van der Waals surface area contributed by atoms with Crippen molar-refractivity contribution in [1.82, 2.24) is 9.78 Å². The van der Waals surface area contributed by atoms with Crippen LogP contribution >= 0.6 is 23.4 Å². The minimum absolute atomic E-state index is 0.135. The maximum Gasteiger partial charge on any atom is 0.416 e. The zero-order chi connectivity index (χ0) is 19.9. The van der Waals surface area contributed by atoms with E-state index >= 15 is 0 Å². The number of amides is 1. The lowest BCUT2D eigenvalue weighted by Crippen LogP contribution is -2.16. The SMILES string of the molecule is O=C(Nc1c2c(nn1-c1ccc(Cl)cc1)CSC2)c1ccc(C(F)(F)F)cc1. The number of aromatic nitrogens is 2. The Bertz CT molecular complexity index is 1030. The Hall–Kier alpha value is -2.45. The molecule has 1 aromatic heterocycles. The van der Waals surface area contributed by atoms with Crippen LogP contribution in [0.3, 0.4) is 0 Å². The summed E-state index contributed by atoms with van der Waals surface area (Å²) in [6.45, 7) is 0. The molecule has 144 valence electrons. The van der Waals surface area contributed by atoms with Gasteiger partial charge in [0.1, 0.15) is 5.82 Å². The Kier molecular flexibility index (Phi) is 4.84. The van der Waals surface area contributed by atoms with Gasteiger partial charge < -0.3 is 5.32 Å². The summed E-state index contributed by atoms with van der Waals surface area (Å²) in [6, 6.07) is 11.1. The van der Waals surface area contributed by atoms with E-state index in [9.17, 15) is 18.0 Å². The second kappa shape index (κ2) is 7.18. The number of thioether (sulfide) groups is 1. The van der Waals surface area contributed by atoms with Gasteiger partial charge >= 0.3 is 6.18 Å². The molecule has 0 radical (unpaired) electrons. The molecule has 1 N–H and O–H groups in total. The molecular weight excluding hydrogens is 411 g/mol. The number of anilines is 1. The van der Waals surface area contributed by atoms with Gasteiger partial charge in [-0.05, 0) is 48.5 Å². The molecule has 1 aliphatic heterocycles. The van der Waals surface area contributed by atoms with Crippen LogP contribution in [-0.2, 0) is 17.7 Å². The summed E-state index contributed by atoms with van der Waals surface area (Å²) >= 11 is 7.62. The maximum atomic E-state index is 12.7. The van der Waals surface area contributed by atoms with E-state index < -0.39 is 17.6 Å². The summed E-state index contributed by atoms with van der Waals surface area (Å²) in [5, 5.41) is 7.96. The van der Waals surface area contributed by atoms with Gasteiger partial charge in [0.25, 0.3) is 5.91 Å². The molecule has 0 saturated heterocycles. The van der Waals surface area contributed by atoms with E-state index in [0.29, 0.717) is 16.6 Å². The fourth-order valence-electron chi connectivity index (χ4n) is 2.90. The van der Waals surface area contributed by atoms with Crippen molar-refractivity contribution < 1.29 is 18.0 Å². The summed E-state index contributed by atoms with van der Waals surface area (Å²) < 4.78 is 39.8. The minimum Gasteiger partial charge on any atom is -0.306 e. The highest BCUT2D eigenvalue weighted by Crippen LogP contribution is 2.36. The second-order valence-electron chi connectivity index (χ2n) is 6.18. The number of hydrogen-bond donors (Lipinski definition) is 1. The molecule has 3 aromatic rings. The normalized spacial score (nSPS) is 13.4. The third-order valence-corrected chi connectivity index (χ3v) is 5.55. The lowest BCUT2D eigenvalue weighted by atomic mass is 10.1. The van der Waals surface area contributed by atoms with Gasteiger partial charge in [-0.25, -0.2) is 4.68 Å². The van der Waals surface area contributed by atoms with Crippen LogP contribution in [0.2, 0.25) is 5.02 Å². The molecule has 0 aliphatic carbocycles. The topological polar surface area (TPSA) is 46.9 Å². The number of nitrogens with one attached hydrogen (secondary N) is 1. The molecule has 4 nitrogen and oxygen atoms in total. The number of benzene rings is 2. The predicted octanol–water partition coefficient (Wildman–Crippen LogP) is 5.54. The predicted molar refractivity (Wildman–Crippen MR) is 103 cm³/mol. The number of nitrogens with zero attached hydrogens (tertiary/aromatic N) is 2. The van der Waals surface area contributed by atoms with Crippen molar-refractivity contribution >= 4 is 35.1 Å². The molecule has 9 heteroatoms. The molecule has 0 spiro atoms. The van der Waals surface area contributed by atoms with Crippen LogP contribution in [0.25, 0.3) is 5.69 Å². The first-order chi connectivity index (χ1) is 13.3. The highest BCUT2D eigenvalue weighted by Gasteiger charge is 2.30. The standard InChI is InChI=1S/C19H13ClF3N3OS/c20-13-5-7-14(8-6-13)26-17(15-9-28-10-16(15)25-26)24-18(27)11-1-3-12(4-2-11)19(21,22)23/h1-8H,9-10H2,(H,24,27). The molecule has 0 fully saturated rings. The van der Waals surface area contributed by atoms with Gasteiger partial charge in [-0.3, -0.25) is 4.79 Å². The van der Waals surface area contributed by atoms with Crippen molar-refractivity contribution in [2.45, 2.75) is 17.7 Å². The molecule has 28 heavy (non-hydrogen) atoms. The monoisotopic (exact) mass is 423 g/mol. The third kappa shape index (κ3) is 3.62. The van der Waals surface area contributed by atoms with Gasteiger partial charge in [0.05, 0.1) is 16.9 Å². The summed E-state index contributed by atoms with van der Waals surface area (Å²) in [4.78, 5) is 12.6. The number of carbonyl (C=O) groups excluding carboxylic acids is 1. The Balaban J connectivity index is 1.66. The molecule has 1 aliphatic rings. The van der Waals surface area contributed by atoms with E-state index in [4.69, 9.17) is 11.6 Å². The molecule has 1 amide bonds. The molecule has 0 unspecified atom stereocenters. The average Bonchev–Trinajstić information content (AvgIpc) is 3.24. The van der Waals surface area contributed by atoms with Gasteiger partial charge in [0, 0.05) is 27.7 Å². The Morgan fingerprint density at radius 3 is 2.39 bits per heavy atom. The highest BCUT2D eigenvalue weighted by molar-refractivity contribution is 7.98. The van der Waals surface area contributed by atoms with E-state index in [-0.39, 0.29) is 5.56 Å². The summed E-state index contributed by atoms with van der Waals surface area (Å²) in [5.74, 6) is 1.46. The van der Waals surface area contributed by atoms with E-state index in [1.807, 2.05) is 0 Å². The molecule has 0 saturated carbocycles. The van der Waals surface area contributed by atoms with Crippen LogP contribution in [0.15, 0.2) is 48.5 Å². The quantitative estimate of drug-likeness (QED) is 0.601. The largest absolute Gasteiger partial charge is 0.416 e. The van der Waals surface area contributed by atoms with Gasteiger partial charge in [-0.2, -0.15) is 30.0 Å².